The average Bonchev–Trinajstić information content (AvgIpc) is 3.01. The lowest BCUT2D eigenvalue weighted by atomic mass is 10.1. The molecule has 2 rings (SSSR count). The fourth-order valence-corrected chi connectivity index (χ4v) is 2.86. The van der Waals surface area contributed by atoms with Crippen LogP contribution in [0.5, 0.6) is 0 Å². The number of halogens is 2. The number of rotatable bonds is 5. The summed E-state index contributed by atoms with van der Waals surface area (Å²) >= 11 is 0.374. The molecule has 0 unspecified atom stereocenters. The SMILES string of the molecule is C[C@@H](NC(=O)C(=O)Nc1cccc(SC(F)F)c1)[C@H]1CCCO1. The quantitative estimate of drug-likeness (QED) is 0.636. The van der Waals surface area contributed by atoms with E-state index in [1.165, 1.54) is 24.3 Å². The predicted octanol–water partition coefficient (Wildman–Crippen LogP) is 2.62. The maximum Gasteiger partial charge on any atom is 0.313 e. The van der Waals surface area contributed by atoms with Gasteiger partial charge < -0.3 is 15.4 Å². The Kier molecular flexibility index (Phi) is 6.35. The van der Waals surface area contributed by atoms with Crippen molar-refractivity contribution in [2.24, 2.45) is 0 Å². The number of alkyl halides is 2. The summed E-state index contributed by atoms with van der Waals surface area (Å²) < 4.78 is 30.1. The van der Waals surface area contributed by atoms with Gasteiger partial charge in [-0.1, -0.05) is 17.8 Å². The first kappa shape index (κ1) is 17.7. The zero-order valence-corrected chi connectivity index (χ0v) is 13.4. The van der Waals surface area contributed by atoms with E-state index >= 15 is 0 Å². The number of ether oxygens (including phenoxy) is 1. The third-order valence-electron chi connectivity index (χ3n) is 3.40. The number of anilines is 1. The molecule has 0 aliphatic carbocycles. The third kappa shape index (κ3) is 5.47. The molecule has 1 aromatic carbocycles. The molecule has 2 N–H and O–H groups in total. The van der Waals surface area contributed by atoms with Crippen molar-refractivity contribution in [3.8, 4) is 0 Å². The minimum absolute atomic E-state index is 0.0856. The highest BCUT2D eigenvalue weighted by molar-refractivity contribution is 7.99. The molecule has 8 heteroatoms. The summed E-state index contributed by atoms with van der Waals surface area (Å²) in [4.78, 5) is 24.1. The van der Waals surface area contributed by atoms with Crippen LogP contribution >= 0.6 is 11.8 Å². The van der Waals surface area contributed by atoms with Crippen LogP contribution in [-0.4, -0.2) is 36.3 Å². The number of thioether (sulfide) groups is 1. The minimum Gasteiger partial charge on any atom is -0.376 e. The molecule has 1 fully saturated rings. The molecule has 0 aromatic heterocycles. The summed E-state index contributed by atoms with van der Waals surface area (Å²) in [6.45, 7) is 2.44. The first-order valence-electron chi connectivity index (χ1n) is 7.24. The summed E-state index contributed by atoms with van der Waals surface area (Å²) in [5.74, 6) is -4.16. The molecule has 0 radical (unpaired) electrons. The van der Waals surface area contributed by atoms with Crippen LogP contribution in [0.1, 0.15) is 19.8 Å². The normalized spacial score (nSPS) is 18.7. The zero-order valence-electron chi connectivity index (χ0n) is 12.6. The van der Waals surface area contributed by atoms with Crippen molar-refractivity contribution < 1.29 is 23.1 Å². The van der Waals surface area contributed by atoms with Crippen molar-refractivity contribution >= 4 is 29.3 Å². The second-order valence-electron chi connectivity index (χ2n) is 5.17. The summed E-state index contributed by atoms with van der Waals surface area (Å²) in [7, 11) is 0. The molecule has 2 atom stereocenters. The average molecular weight is 344 g/mol. The fourth-order valence-electron chi connectivity index (χ4n) is 2.30. The highest BCUT2D eigenvalue weighted by Crippen LogP contribution is 2.27. The number of amides is 2. The molecular formula is C15H18F2N2O3S. The van der Waals surface area contributed by atoms with Crippen LogP contribution < -0.4 is 10.6 Å². The van der Waals surface area contributed by atoms with Crippen LogP contribution in [0.25, 0.3) is 0 Å². The Balaban J connectivity index is 1.89. The first-order chi connectivity index (χ1) is 11.0. The Labute approximate surface area is 137 Å². The van der Waals surface area contributed by atoms with Gasteiger partial charge in [-0.2, -0.15) is 8.78 Å². The van der Waals surface area contributed by atoms with Crippen LogP contribution in [0, 0.1) is 0 Å². The lowest BCUT2D eigenvalue weighted by Crippen LogP contribution is -2.45. The standard InChI is InChI=1S/C15H18F2N2O3S/c1-9(12-6-3-7-22-12)18-13(20)14(21)19-10-4-2-5-11(8-10)23-15(16)17/h2,4-5,8-9,12,15H,3,6-7H2,1H3,(H,18,20)(H,19,21)/t9-,12-/m1/s1. The van der Waals surface area contributed by atoms with E-state index in [9.17, 15) is 18.4 Å². The maximum absolute atomic E-state index is 12.3. The monoisotopic (exact) mass is 344 g/mol. The molecule has 5 nitrogen and oxygen atoms in total. The van der Waals surface area contributed by atoms with E-state index in [0.717, 1.165) is 12.8 Å². The predicted molar refractivity (Wildman–Crippen MR) is 83.5 cm³/mol. The molecule has 1 saturated heterocycles. The largest absolute Gasteiger partial charge is 0.376 e. The first-order valence-corrected chi connectivity index (χ1v) is 8.12. The van der Waals surface area contributed by atoms with Gasteiger partial charge in [-0.15, -0.1) is 0 Å². The van der Waals surface area contributed by atoms with Gasteiger partial charge in [-0.3, -0.25) is 9.59 Å². The van der Waals surface area contributed by atoms with E-state index in [4.69, 9.17) is 4.74 Å². The molecule has 0 saturated carbocycles. The smallest absolute Gasteiger partial charge is 0.313 e. The molecule has 1 aliphatic rings. The van der Waals surface area contributed by atoms with Gasteiger partial charge in [-0.05, 0) is 38.0 Å². The van der Waals surface area contributed by atoms with Crippen molar-refractivity contribution in [3.63, 3.8) is 0 Å². The zero-order chi connectivity index (χ0) is 16.8. The molecule has 0 bridgehead atoms. The van der Waals surface area contributed by atoms with Gasteiger partial charge in [0.25, 0.3) is 5.76 Å². The van der Waals surface area contributed by atoms with Gasteiger partial charge in [0.1, 0.15) is 0 Å². The fraction of sp³-hybridized carbons (Fsp3) is 0.467. The Morgan fingerprint density at radius 3 is 2.78 bits per heavy atom. The number of benzene rings is 1. The van der Waals surface area contributed by atoms with Gasteiger partial charge in [0.15, 0.2) is 0 Å². The van der Waals surface area contributed by atoms with Crippen LogP contribution in [0.2, 0.25) is 0 Å². The van der Waals surface area contributed by atoms with Crippen molar-refractivity contribution in [3.05, 3.63) is 24.3 Å². The van der Waals surface area contributed by atoms with Gasteiger partial charge in [0, 0.05) is 17.2 Å². The molecule has 126 valence electrons. The van der Waals surface area contributed by atoms with Crippen molar-refractivity contribution in [2.45, 2.75) is 42.6 Å². The van der Waals surface area contributed by atoms with E-state index in [-0.39, 0.29) is 12.1 Å². The van der Waals surface area contributed by atoms with E-state index in [0.29, 0.717) is 29.0 Å². The highest BCUT2D eigenvalue weighted by Gasteiger charge is 2.25. The summed E-state index contributed by atoms with van der Waals surface area (Å²) in [6.07, 6.45) is 1.69. The lowest BCUT2D eigenvalue weighted by Gasteiger charge is -2.19. The summed E-state index contributed by atoms with van der Waals surface area (Å²) in [5, 5.41) is 4.99. The van der Waals surface area contributed by atoms with Gasteiger partial charge >= 0.3 is 11.8 Å². The van der Waals surface area contributed by atoms with Crippen LogP contribution in [0.15, 0.2) is 29.2 Å². The van der Waals surface area contributed by atoms with Crippen molar-refractivity contribution in [1.29, 1.82) is 0 Å². The van der Waals surface area contributed by atoms with E-state index in [2.05, 4.69) is 10.6 Å². The molecule has 23 heavy (non-hydrogen) atoms. The summed E-state index contributed by atoms with van der Waals surface area (Å²) in [5.41, 5.74) is 0.292. The van der Waals surface area contributed by atoms with Crippen LogP contribution in [0.4, 0.5) is 14.5 Å². The third-order valence-corrected chi connectivity index (χ3v) is 4.11. The minimum atomic E-state index is -2.54. The second-order valence-corrected chi connectivity index (χ2v) is 6.24. The van der Waals surface area contributed by atoms with Crippen LogP contribution in [0.3, 0.4) is 0 Å². The number of nitrogens with one attached hydrogen (secondary N) is 2. The molecule has 2 amide bonds. The Hall–Kier alpha value is -1.67. The van der Waals surface area contributed by atoms with Crippen molar-refractivity contribution in [1.82, 2.24) is 5.32 Å². The maximum atomic E-state index is 12.3. The van der Waals surface area contributed by atoms with E-state index < -0.39 is 17.6 Å². The molecular weight excluding hydrogens is 326 g/mol. The number of carbonyl (C=O) groups excluding carboxylic acids is 2. The van der Waals surface area contributed by atoms with E-state index in [1.54, 1.807) is 6.92 Å². The van der Waals surface area contributed by atoms with E-state index in [1.807, 2.05) is 0 Å². The second kappa shape index (κ2) is 8.26. The van der Waals surface area contributed by atoms with Gasteiger partial charge in [-0.25, -0.2) is 0 Å². The van der Waals surface area contributed by atoms with Crippen LogP contribution in [-0.2, 0) is 14.3 Å². The number of hydrogen-bond acceptors (Lipinski definition) is 4. The molecule has 1 aromatic rings. The Morgan fingerprint density at radius 1 is 1.35 bits per heavy atom. The number of carbonyl (C=O) groups is 2. The molecule has 1 aliphatic heterocycles. The Bertz CT molecular complexity index is 565. The lowest BCUT2D eigenvalue weighted by molar-refractivity contribution is -0.137. The topological polar surface area (TPSA) is 67.4 Å². The summed E-state index contributed by atoms with van der Waals surface area (Å²) in [6, 6.07) is 5.70. The molecule has 1 heterocycles. The Morgan fingerprint density at radius 2 is 2.13 bits per heavy atom. The van der Waals surface area contributed by atoms with Gasteiger partial charge in [0.2, 0.25) is 0 Å². The highest BCUT2D eigenvalue weighted by atomic mass is 32.2. The van der Waals surface area contributed by atoms with Crippen molar-refractivity contribution in [2.75, 3.05) is 11.9 Å². The molecule has 0 spiro atoms. The number of hydrogen-bond donors (Lipinski definition) is 2. The van der Waals surface area contributed by atoms with Gasteiger partial charge in [0.05, 0.1) is 12.1 Å².